The van der Waals surface area contributed by atoms with E-state index in [4.69, 9.17) is 5.73 Å². The van der Waals surface area contributed by atoms with Crippen LogP contribution >= 0.6 is 0 Å². The van der Waals surface area contributed by atoms with Gasteiger partial charge in [0.15, 0.2) is 11.5 Å². The van der Waals surface area contributed by atoms with Crippen LogP contribution in [0, 0.1) is 0 Å². The lowest BCUT2D eigenvalue weighted by Gasteiger charge is -1.97. The second-order valence-corrected chi connectivity index (χ2v) is 2.28. The van der Waals surface area contributed by atoms with Crippen LogP contribution in [0.2, 0.25) is 0 Å². The smallest absolute Gasteiger partial charge is 0.155 e. The Morgan fingerprint density at radius 1 is 1.42 bits per heavy atom. The van der Waals surface area contributed by atoms with Crippen molar-refractivity contribution >= 4 is 5.82 Å². The summed E-state index contributed by atoms with van der Waals surface area (Å²) in [6, 6.07) is 3.73. The standard InChI is InChI=1S/C7H7N5/c8-7-6(12-11-4-10-7)5-2-1-3-9-5/h1-4,9H,(H2,8,10,11). The molecule has 2 aromatic heterocycles. The van der Waals surface area contributed by atoms with Gasteiger partial charge in [-0.2, -0.15) is 0 Å². The highest BCUT2D eigenvalue weighted by molar-refractivity contribution is 5.65. The molecule has 5 nitrogen and oxygen atoms in total. The predicted octanol–water partition coefficient (Wildman–Crippen LogP) is 0.449. The lowest BCUT2D eigenvalue weighted by Crippen LogP contribution is -1.98. The minimum absolute atomic E-state index is 0.382. The highest BCUT2D eigenvalue weighted by Gasteiger charge is 2.04. The topological polar surface area (TPSA) is 80.5 Å². The molecule has 0 aliphatic heterocycles. The van der Waals surface area contributed by atoms with Crippen LogP contribution in [0.3, 0.4) is 0 Å². The Hall–Kier alpha value is -1.91. The van der Waals surface area contributed by atoms with Crippen molar-refractivity contribution in [3.63, 3.8) is 0 Å². The molecule has 0 bridgehead atoms. The molecule has 2 aromatic rings. The first-order valence-corrected chi connectivity index (χ1v) is 3.45. The minimum atomic E-state index is 0.382. The van der Waals surface area contributed by atoms with E-state index in [1.54, 1.807) is 6.20 Å². The molecule has 0 spiro atoms. The molecule has 0 aliphatic carbocycles. The first kappa shape index (κ1) is 6.78. The molecule has 0 fully saturated rings. The van der Waals surface area contributed by atoms with Gasteiger partial charge in [-0.15, -0.1) is 10.2 Å². The Kier molecular flexibility index (Phi) is 1.48. The number of hydrogen-bond acceptors (Lipinski definition) is 4. The number of nitrogens with zero attached hydrogens (tertiary/aromatic N) is 3. The van der Waals surface area contributed by atoms with Crippen LogP contribution in [0.5, 0.6) is 0 Å². The third kappa shape index (κ3) is 1.01. The maximum absolute atomic E-state index is 5.58. The van der Waals surface area contributed by atoms with E-state index in [1.165, 1.54) is 6.33 Å². The van der Waals surface area contributed by atoms with E-state index >= 15 is 0 Å². The summed E-state index contributed by atoms with van der Waals surface area (Å²) >= 11 is 0. The van der Waals surface area contributed by atoms with Gasteiger partial charge in [0.25, 0.3) is 0 Å². The van der Waals surface area contributed by atoms with Crippen LogP contribution in [0.15, 0.2) is 24.7 Å². The molecule has 5 heteroatoms. The molecule has 0 atom stereocenters. The third-order valence-corrected chi connectivity index (χ3v) is 1.50. The molecular formula is C7H7N5. The molecular weight excluding hydrogens is 154 g/mol. The number of anilines is 1. The summed E-state index contributed by atoms with van der Waals surface area (Å²) < 4.78 is 0. The van der Waals surface area contributed by atoms with E-state index in [2.05, 4.69) is 20.2 Å². The fraction of sp³-hybridized carbons (Fsp3) is 0. The number of nitrogens with two attached hydrogens (primary N) is 1. The summed E-state index contributed by atoms with van der Waals surface area (Å²) in [4.78, 5) is 6.79. The Morgan fingerprint density at radius 2 is 2.33 bits per heavy atom. The first-order valence-electron chi connectivity index (χ1n) is 3.45. The molecule has 2 rings (SSSR count). The molecule has 0 amide bonds. The summed E-state index contributed by atoms with van der Waals surface area (Å²) in [5, 5.41) is 7.49. The van der Waals surface area contributed by atoms with Gasteiger partial charge in [-0.1, -0.05) is 0 Å². The Balaban J connectivity index is 2.55. The van der Waals surface area contributed by atoms with Crippen molar-refractivity contribution in [3.8, 4) is 11.4 Å². The van der Waals surface area contributed by atoms with Gasteiger partial charge < -0.3 is 10.7 Å². The fourth-order valence-electron chi connectivity index (χ4n) is 0.953. The Bertz CT molecular complexity index is 367. The number of nitrogen functional groups attached to an aromatic ring is 1. The number of hydrogen-bond donors (Lipinski definition) is 2. The lowest BCUT2D eigenvalue weighted by atomic mass is 10.3. The van der Waals surface area contributed by atoms with Crippen LogP contribution in [0.1, 0.15) is 0 Å². The molecule has 0 aliphatic rings. The first-order chi connectivity index (χ1) is 5.88. The molecule has 0 aromatic carbocycles. The van der Waals surface area contributed by atoms with E-state index in [1.807, 2.05) is 12.1 Å². The highest BCUT2D eigenvalue weighted by Crippen LogP contribution is 2.17. The van der Waals surface area contributed by atoms with Crippen LogP contribution in [-0.4, -0.2) is 20.2 Å². The normalized spacial score (nSPS) is 10.0. The van der Waals surface area contributed by atoms with Crippen molar-refractivity contribution in [2.24, 2.45) is 0 Å². The van der Waals surface area contributed by atoms with Crippen molar-refractivity contribution in [2.75, 3.05) is 5.73 Å². The number of rotatable bonds is 1. The van der Waals surface area contributed by atoms with Crippen molar-refractivity contribution in [3.05, 3.63) is 24.7 Å². The average molecular weight is 161 g/mol. The van der Waals surface area contributed by atoms with Crippen molar-refractivity contribution < 1.29 is 0 Å². The monoisotopic (exact) mass is 161 g/mol. The van der Waals surface area contributed by atoms with E-state index in [0.29, 0.717) is 11.5 Å². The molecule has 12 heavy (non-hydrogen) atoms. The maximum Gasteiger partial charge on any atom is 0.155 e. The van der Waals surface area contributed by atoms with Crippen molar-refractivity contribution in [1.82, 2.24) is 20.2 Å². The quantitative estimate of drug-likeness (QED) is 0.636. The van der Waals surface area contributed by atoms with Gasteiger partial charge in [0.05, 0.1) is 5.69 Å². The van der Waals surface area contributed by atoms with Crippen LogP contribution in [-0.2, 0) is 0 Å². The van der Waals surface area contributed by atoms with E-state index in [0.717, 1.165) is 5.69 Å². The van der Waals surface area contributed by atoms with Crippen LogP contribution < -0.4 is 5.73 Å². The van der Waals surface area contributed by atoms with Crippen molar-refractivity contribution in [2.45, 2.75) is 0 Å². The molecule has 60 valence electrons. The second-order valence-electron chi connectivity index (χ2n) is 2.28. The molecule has 3 N–H and O–H groups in total. The summed E-state index contributed by atoms with van der Waals surface area (Å²) in [6.45, 7) is 0. The number of aromatic amines is 1. The van der Waals surface area contributed by atoms with Crippen molar-refractivity contribution in [1.29, 1.82) is 0 Å². The van der Waals surface area contributed by atoms with Crippen LogP contribution in [0.25, 0.3) is 11.4 Å². The maximum atomic E-state index is 5.58. The fourth-order valence-corrected chi connectivity index (χ4v) is 0.953. The van der Waals surface area contributed by atoms with E-state index in [9.17, 15) is 0 Å². The molecule has 2 heterocycles. The Labute approximate surface area is 68.7 Å². The number of H-pyrrole nitrogens is 1. The lowest BCUT2D eigenvalue weighted by molar-refractivity contribution is 0.979. The van der Waals surface area contributed by atoms with Gasteiger partial charge in [0.1, 0.15) is 6.33 Å². The van der Waals surface area contributed by atoms with Gasteiger partial charge in [-0.05, 0) is 12.1 Å². The SMILES string of the molecule is Nc1ncnnc1-c1ccc[nH]1. The summed E-state index contributed by atoms with van der Waals surface area (Å²) in [7, 11) is 0. The van der Waals surface area contributed by atoms with Crippen LogP contribution in [0.4, 0.5) is 5.82 Å². The zero-order chi connectivity index (χ0) is 8.39. The Morgan fingerprint density at radius 3 is 3.00 bits per heavy atom. The zero-order valence-corrected chi connectivity index (χ0v) is 6.23. The molecule has 0 saturated carbocycles. The number of nitrogens with one attached hydrogen (secondary N) is 1. The van der Waals surface area contributed by atoms with Gasteiger partial charge in [0.2, 0.25) is 0 Å². The predicted molar refractivity (Wildman–Crippen MR) is 44.0 cm³/mol. The average Bonchev–Trinajstić information content (AvgIpc) is 2.57. The minimum Gasteiger partial charge on any atom is -0.382 e. The molecule has 0 saturated heterocycles. The van der Waals surface area contributed by atoms with E-state index in [-0.39, 0.29) is 0 Å². The van der Waals surface area contributed by atoms with Gasteiger partial charge >= 0.3 is 0 Å². The number of aromatic nitrogens is 4. The van der Waals surface area contributed by atoms with Gasteiger partial charge in [0, 0.05) is 6.20 Å². The zero-order valence-electron chi connectivity index (χ0n) is 6.23. The second kappa shape index (κ2) is 2.61. The molecule has 0 radical (unpaired) electrons. The van der Waals surface area contributed by atoms with E-state index < -0.39 is 0 Å². The highest BCUT2D eigenvalue weighted by atomic mass is 15.2. The van der Waals surface area contributed by atoms with Gasteiger partial charge in [-0.25, -0.2) is 4.98 Å². The largest absolute Gasteiger partial charge is 0.382 e. The van der Waals surface area contributed by atoms with Gasteiger partial charge in [-0.3, -0.25) is 0 Å². The summed E-state index contributed by atoms with van der Waals surface area (Å²) in [6.07, 6.45) is 3.12. The molecule has 0 unspecified atom stereocenters. The summed E-state index contributed by atoms with van der Waals surface area (Å²) in [5.41, 5.74) is 6.99. The third-order valence-electron chi connectivity index (χ3n) is 1.50. The summed E-state index contributed by atoms with van der Waals surface area (Å²) in [5.74, 6) is 0.382.